The van der Waals surface area contributed by atoms with Gasteiger partial charge in [0.25, 0.3) is 0 Å². The first-order valence-electron chi connectivity index (χ1n) is 16.1. The Kier molecular flexibility index (Phi) is 12.6. The van der Waals surface area contributed by atoms with Crippen molar-refractivity contribution in [1.29, 1.82) is 0 Å². The number of carbonyl (C=O) groups excluding carboxylic acids is 5. The lowest BCUT2D eigenvalue weighted by Crippen LogP contribution is -2.63. The summed E-state index contributed by atoms with van der Waals surface area (Å²) in [7, 11) is 1.22. The summed E-state index contributed by atoms with van der Waals surface area (Å²) in [4.78, 5) is 66.0. The number of hydrogen-bond donors (Lipinski definition) is 0. The van der Waals surface area contributed by atoms with Gasteiger partial charge in [0, 0.05) is 0 Å². The molecule has 0 radical (unpaired) electrons. The zero-order valence-electron chi connectivity index (χ0n) is 27.8. The van der Waals surface area contributed by atoms with Gasteiger partial charge in [-0.15, -0.1) is 0 Å². The van der Waals surface area contributed by atoms with E-state index in [0.29, 0.717) is 0 Å². The molecule has 0 spiro atoms. The zero-order valence-corrected chi connectivity index (χ0v) is 27.8. The molecule has 5 rings (SSSR count). The Labute approximate surface area is 294 Å². The SMILES string of the molecule is COC(=O)C[C@@H](C)O[C@@H]1O[C@H](COC(=O)c2ccccc2)[C@@H](OC(=O)c2ccccc2)[C@H](OC(=O)c2ccccc2)[C@H]1OC(=O)c1ccccc1. The summed E-state index contributed by atoms with van der Waals surface area (Å²) in [5.41, 5.74) is 0.707. The smallest absolute Gasteiger partial charge is 0.338 e. The van der Waals surface area contributed by atoms with Crippen LogP contribution < -0.4 is 0 Å². The lowest BCUT2D eigenvalue weighted by atomic mass is 9.97. The summed E-state index contributed by atoms with van der Waals surface area (Å²) in [5.74, 6) is -3.80. The minimum Gasteiger partial charge on any atom is -0.469 e. The monoisotopic (exact) mass is 696 g/mol. The van der Waals surface area contributed by atoms with Crippen LogP contribution in [0, 0.1) is 0 Å². The molecule has 4 aromatic carbocycles. The van der Waals surface area contributed by atoms with E-state index in [0.717, 1.165) is 0 Å². The van der Waals surface area contributed by atoms with Crippen LogP contribution >= 0.6 is 0 Å². The molecular formula is C39H36O12. The lowest BCUT2D eigenvalue weighted by molar-refractivity contribution is -0.307. The molecule has 0 unspecified atom stereocenters. The Hall–Kier alpha value is -5.85. The third kappa shape index (κ3) is 9.87. The standard InChI is InChI=1S/C39H36O12/c1-25(23-31(40)45-2)47-39-34(51-38(44)29-21-13-6-14-22-29)33(50-37(43)28-19-11-5-12-20-28)32(49-36(42)27-17-9-4-10-18-27)30(48-39)24-46-35(41)26-15-7-3-8-16-26/h3-22,25,30,32-34,39H,23-24H2,1-2H3/t25-,30-,32-,33+,34-,39-/m1/s1. The fraction of sp³-hybridized carbons (Fsp3) is 0.256. The minimum absolute atomic E-state index is 0.147. The second kappa shape index (κ2) is 17.7. The van der Waals surface area contributed by atoms with Crippen LogP contribution in [0.2, 0.25) is 0 Å². The Morgan fingerprint density at radius 1 is 0.569 bits per heavy atom. The van der Waals surface area contributed by atoms with Gasteiger partial charge in [0.05, 0.1) is 41.9 Å². The summed E-state index contributed by atoms with van der Waals surface area (Å²) in [6, 6.07) is 32.2. The van der Waals surface area contributed by atoms with Crippen molar-refractivity contribution in [2.75, 3.05) is 13.7 Å². The molecule has 1 fully saturated rings. The van der Waals surface area contributed by atoms with Crippen molar-refractivity contribution in [3.05, 3.63) is 144 Å². The van der Waals surface area contributed by atoms with Gasteiger partial charge in [-0.25, -0.2) is 19.2 Å². The number of esters is 5. The van der Waals surface area contributed by atoms with Gasteiger partial charge in [0.1, 0.15) is 12.7 Å². The van der Waals surface area contributed by atoms with Crippen LogP contribution in [0.3, 0.4) is 0 Å². The van der Waals surface area contributed by atoms with Crippen molar-refractivity contribution in [2.45, 2.75) is 50.2 Å². The van der Waals surface area contributed by atoms with Gasteiger partial charge in [0.15, 0.2) is 24.6 Å². The average molecular weight is 697 g/mol. The Morgan fingerprint density at radius 3 is 1.39 bits per heavy atom. The van der Waals surface area contributed by atoms with Gasteiger partial charge < -0.3 is 33.2 Å². The van der Waals surface area contributed by atoms with Gasteiger partial charge in [-0.3, -0.25) is 4.79 Å². The molecule has 0 aromatic heterocycles. The maximum atomic E-state index is 13.7. The number of ether oxygens (including phenoxy) is 7. The fourth-order valence-electron chi connectivity index (χ4n) is 5.23. The molecule has 0 N–H and O–H groups in total. The molecule has 0 aliphatic carbocycles. The predicted octanol–water partition coefficient (Wildman–Crippen LogP) is 5.21. The molecule has 1 aliphatic rings. The second-order valence-electron chi connectivity index (χ2n) is 11.4. The molecular weight excluding hydrogens is 660 g/mol. The second-order valence-corrected chi connectivity index (χ2v) is 11.4. The van der Waals surface area contributed by atoms with Gasteiger partial charge in [-0.2, -0.15) is 0 Å². The number of rotatable bonds is 13. The van der Waals surface area contributed by atoms with E-state index in [1.54, 1.807) is 91.9 Å². The molecule has 6 atom stereocenters. The highest BCUT2D eigenvalue weighted by Crippen LogP contribution is 2.32. The topological polar surface area (TPSA) is 150 Å². The maximum Gasteiger partial charge on any atom is 0.338 e. The first kappa shape index (κ1) is 36.4. The highest BCUT2D eigenvalue weighted by atomic mass is 16.7. The normalized spacial score (nSPS) is 20.2. The molecule has 51 heavy (non-hydrogen) atoms. The van der Waals surface area contributed by atoms with Crippen molar-refractivity contribution in [2.24, 2.45) is 0 Å². The quantitative estimate of drug-likeness (QED) is 0.133. The average Bonchev–Trinajstić information content (AvgIpc) is 3.17. The number of carbonyl (C=O) groups is 5. The van der Waals surface area contributed by atoms with E-state index in [1.807, 2.05) is 0 Å². The first-order chi connectivity index (χ1) is 24.7. The van der Waals surface area contributed by atoms with Crippen LogP contribution in [-0.4, -0.2) is 80.4 Å². The molecule has 12 heteroatoms. The van der Waals surface area contributed by atoms with Crippen LogP contribution in [0.15, 0.2) is 121 Å². The zero-order chi connectivity index (χ0) is 36.2. The predicted molar refractivity (Wildman–Crippen MR) is 180 cm³/mol. The number of benzene rings is 4. The first-order valence-corrected chi connectivity index (χ1v) is 16.1. The molecule has 264 valence electrons. The van der Waals surface area contributed by atoms with Crippen LogP contribution in [-0.2, 0) is 38.0 Å². The highest BCUT2D eigenvalue weighted by molar-refractivity contribution is 5.91. The van der Waals surface area contributed by atoms with E-state index in [2.05, 4.69) is 0 Å². The molecule has 0 saturated carbocycles. The third-order valence-electron chi connectivity index (χ3n) is 7.79. The number of hydrogen-bond acceptors (Lipinski definition) is 12. The molecule has 0 amide bonds. The van der Waals surface area contributed by atoms with E-state index < -0.39 is 73.3 Å². The Morgan fingerprint density at radius 2 is 0.961 bits per heavy atom. The largest absolute Gasteiger partial charge is 0.469 e. The maximum absolute atomic E-state index is 13.7. The van der Waals surface area contributed by atoms with Crippen LogP contribution in [0.1, 0.15) is 54.8 Å². The van der Waals surface area contributed by atoms with Gasteiger partial charge in [-0.1, -0.05) is 72.8 Å². The van der Waals surface area contributed by atoms with Gasteiger partial charge in [0.2, 0.25) is 0 Å². The van der Waals surface area contributed by atoms with E-state index in [-0.39, 0.29) is 28.7 Å². The molecule has 12 nitrogen and oxygen atoms in total. The van der Waals surface area contributed by atoms with E-state index in [1.165, 1.54) is 43.5 Å². The molecule has 4 aromatic rings. The van der Waals surface area contributed by atoms with Crippen molar-refractivity contribution >= 4 is 29.8 Å². The third-order valence-corrected chi connectivity index (χ3v) is 7.79. The molecule has 0 bridgehead atoms. The van der Waals surface area contributed by atoms with E-state index in [9.17, 15) is 24.0 Å². The van der Waals surface area contributed by atoms with Crippen molar-refractivity contribution < 1.29 is 57.1 Å². The van der Waals surface area contributed by atoms with Crippen LogP contribution in [0.4, 0.5) is 0 Å². The number of methoxy groups -OCH3 is 1. The molecule has 1 aliphatic heterocycles. The van der Waals surface area contributed by atoms with Crippen molar-refractivity contribution in [3.8, 4) is 0 Å². The lowest BCUT2D eigenvalue weighted by Gasteiger charge is -2.44. The Balaban J connectivity index is 1.56. The van der Waals surface area contributed by atoms with Gasteiger partial charge >= 0.3 is 29.8 Å². The summed E-state index contributed by atoms with van der Waals surface area (Å²) in [5, 5.41) is 0. The molecule has 1 saturated heterocycles. The summed E-state index contributed by atoms with van der Waals surface area (Å²) >= 11 is 0. The fourth-order valence-corrected chi connectivity index (χ4v) is 5.23. The summed E-state index contributed by atoms with van der Waals surface area (Å²) < 4.78 is 40.7. The van der Waals surface area contributed by atoms with E-state index >= 15 is 0 Å². The van der Waals surface area contributed by atoms with E-state index in [4.69, 9.17) is 33.2 Å². The molecule has 1 heterocycles. The minimum atomic E-state index is -1.58. The summed E-state index contributed by atoms with van der Waals surface area (Å²) in [6.07, 6.45) is -8.62. The van der Waals surface area contributed by atoms with Gasteiger partial charge in [-0.05, 0) is 55.5 Å². The van der Waals surface area contributed by atoms with Crippen molar-refractivity contribution in [3.63, 3.8) is 0 Å². The van der Waals surface area contributed by atoms with Crippen LogP contribution in [0.5, 0.6) is 0 Å². The van der Waals surface area contributed by atoms with Crippen LogP contribution in [0.25, 0.3) is 0 Å². The Bertz CT molecular complexity index is 1770. The summed E-state index contributed by atoms with van der Waals surface area (Å²) in [6.45, 7) is 1.05. The highest BCUT2D eigenvalue weighted by Gasteiger charge is 2.54. The van der Waals surface area contributed by atoms with Crippen molar-refractivity contribution in [1.82, 2.24) is 0 Å².